The van der Waals surface area contributed by atoms with E-state index in [0.29, 0.717) is 11.9 Å². The summed E-state index contributed by atoms with van der Waals surface area (Å²) in [7, 11) is 0. The van der Waals surface area contributed by atoms with Crippen LogP contribution in [0.25, 0.3) is 6.20 Å². The molecule has 1 aliphatic heterocycles. The van der Waals surface area contributed by atoms with Gasteiger partial charge in [-0.3, -0.25) is 0 Å². The maximum atomic E-state index is 5.34. The molecule has 0 aliphatic carbocycles. The maximum Gasteiger partial charge on any atom is 0.241 e. The lowest BCUT2D eigenvalue weighted by molar-refractivity contribution is 0.919. The second-order valence-electron chi connectivity index (χ2n) is 2.00. The largest absolute Gasteiger partial charge is 0.366 e. The average Bonchev–Trinajstić information content (AvgIpc) is 2.27. The number of nitrogens with one attached hydrogen (secondary N) is 1. The van der Waals surface area contributed by atoms with Crippen molar-refractivity contribution < 1.29 is 0 Å². The Hall–Kier alpha value is -1.52. The fourth-order valence-corrected chi connectivity index (χ4v) is 0.867. The molecule has 0 spiro atoms. The smallest absolute Gasteiger partial charge is 0.241 e. The summed E-state index contributed by atoms with van der Waals surface area (Å²) in [6, 6.07) is 0. The topological polar surface area (TPSA) is 68.8 Å². The molecule has 2 rings (SSSR count). The number of hydrogen-bond donors (Lipinski definition) is 2. The van der Waals surface area contributed by atoms with Crippen molar-refractivity contribution in [2.45, 2.75) is 0 Å². The number of nitrogens with zero attached hydrogens (tertiary/aromatic N) is 3. The fourth-order valence-electron chi connectivity index (χ4n) is 0.867. The van der Waals surface area contributed by atoms with Crippen LogP contribution in [0.15, 0.2) is 6.08 Å². The van der Waals surface area contributed by atoms with Gasteiger partial charge in [0.1, 0.15) is 0 Å². The quantitative estimate of drug-likeness (QED) is 0.517. The third kappa shape index (κ3) is 0.637. The molecule has 0 unspecified atom stereocenters. The van der Waals surface area contributed by atoms with E-state index < -0.39 is 0 Å². The first-order valence-electron chi connectivity index (χ1n) is 2.99. The first kappa shape index (κ1) is 5.28. The molecular formula is C5H7N5. The molecule has 0 fully saturated rings. The van der Waals surface area contributed by atoms with E-state index in [2.05, 4.69) is 15.4 Å². The van der Waals surface area contributed by atoms with Crippen molar-refractivity contribution in [2.75, 3.05) is 17.6 Å². The molecule has 0 radical (unpaired) electrons. The van der Waals surface area contributed by atoms with Crippen LogP contribution in [0, 0.1) is 0 Å². The van der Waals surface area contributed by atoms with Gasteiger partial charge < -0.3 is 11.1 Å². The molecule has 0 bridgehead atoms. The number of nitrogen functional groups attached to an aromatic ring is 1. The molecule has 0 aromatic carbocycles. The fraction of sp³-hybridized carbons (Fsp3) is 0.200. The molecule has 0 atom stereocenters. The van der Waals surface area contributed by atoms with Gasteiger partial charge in [0.25, 0.3) is 0 Å². The highest BCUT2D eigenvalue weighted by molar-refractivity contribution is 5.45. The minimum Gasteiger partial charge on any atom is -0.366 e. The molecule has 0 saturated heterocycles. The number of nitrogens with two attached hydrogens (primary N) is 1. The van der Waals surface area contributed by atoms with E-state index in [1.807, 2.05) is 12.3 Å². The van der Waals surface area contributed by atoms with Gasteiger partial charge in [0.2, 0.25) is 11.9 Å². The summed E-state index contributed by atoms with van der Waals surface area (Å²) >= 11 is 0. The Bertz CT molecular complexity index is 274. The summed E-state index contributed by atoms with van der Waals surface area (Å²) in [6.07, 6.45) is 3.77. The van der Waals surface area contributed by atoms with Crippen LogP contribution < -0.4 is 11.1 Å². The minimum atomic E-state index is 0.300. The lowest BCUT2D eigenvalue weighted by Crippen LogP contribution is -2.09. The maximum absolute atomic E-state index is 5.34. The SMILES string of the molecule is Nc1nc2n(n1)C=CCN2. The van der Waals surface area contributed by atoms with E-state index in [-0.39, 0.29) is 0 Å². The Morgan fingerprint density at radius 2 is 2.60 bits per heavy atom. The van der Waals surface area contributed by atoms with Gasteiger partial charge in [-0.2, -0.15) is 4.98 Å². The lowest BCUT2D eigenvalue weighted by atomic mass is 10.5. The van der Waals surface area contributed by atoms with Crippen LogP contribution in [0.2, 0.25) is 0 Å². The summed E-state index contributed by atoms with van der Waals surface area (Å²) in [5.74, 6) is 1.01. The van der Waals surface area contributed by atoms with E-state index in [1.165, 1.54) is 0 Å². The van der Waals surface area contributed by atoms with E-state index in [0.717, 1.165) is 6.54 Å². The summed E-state index contributed by atoms with van der Waals surface area (Å²) in [5, 5.41) is 6.89. The summed E-state index contributed by atoms with van der Waals surface area (Å²) in [5.41, 5.74) is 5.34. The highest BCUT2D eigenvalue weighted by atomic mass is 15.4. The molecule has 1 aromatic rings. The van der Waals surface area contributed by atoms with Crippen molar-refractivity contribution in [3.8, 4) is 0 Å². The molecule has 5 nitrogen and oxygen atoms in total. The molecule has 1 aromatic heterocycles. The summed E-state index contributed by atoms with van der Waals surface area (Å²) in [6.45, 7) is 0.790. The predicted molar refractivity (Wildman–Crippen MR) is 38.3 cm³/mol. The van der Waals surface area contributed by atoms with Crippen LogP contribution in [0.5, 0.6) is 0 Å². The third-order valence-corrected chi connectivity index (χ3v) is 1.27. The number of aromatic nitrogens is 3. The normalized spacial score (nSPS) is 14.4. The van der Waals surface area contributed by atoms with Crippen molar-refractivity contribution in [3.63, 3.8) is 0 Å². The van der Waals surface area contributed by atoms with Crippen molar-refractivity contribution in [3.05, 3.63) is 6.08 Å². The number of hydrogen-bond acceptors (Lipinski definition) is 4. The second-order valence-corrected chi connectivity index (χ2v) is 2.00. The predicted octanol–water partition coefficient (Wildman–Crippen LogP) is -0.244. The lowest BCUT2D eigenvalue weighted by Gasteiger charge is -2.05. The van der Waals surface area contributed by atoms with E-state index >= 15 is 0 Å². The molecule has 2 heterocycles. The summed E-state index contributed by atoms with van der Waals surface area (Å²) < 4.78 is 1.61. The Balaban J connectivity index is 2.53. The van der Waals surface area contributed by atoms with Crippen molar-refractivity contribution >= 4 is 18.1 Å². The first-order valence-corrected chi connectivity index (χ1v) is 2.99. The zero-order valence-corrected chi connectivity index (χ0v) is 5.28. The van der Waals surface area contributed by atoms with Gasteiger partial charge in [-0.05, 0) is 6.08 Å². The van der Waals surface area contributed by atoms with Crippen molar-refractivity contribution in [2.24, 2.45) is 0 Å². The first-order chi connectivity index (χ1) is 4.86. The molecule has 0 saturated carbocycles. The Kier molecular flexibility index (Phi) is 0.913. The van der Waals surface area contributed by atoms with Gasteiger partial charge in [0.05, 0.1) is 0 Å². The highest BCUT2D eigenvalue weighted by Gasteiger charge is 2.05. The summed E-state index contributed by atoms with van der Waals surface area (Å²) in [4.78, 5) is 3.92. The van der Waals surface area contributed by atoms with Gasteiger partial charge in [-0.1, -0.05) is 0 Å². The molecule has 3 N–H and O–H groups in total. The monoisotopic (exact) mass is 137 g/mol. The minimum absolute atomic E-state index is 0.300. The average molecular weight is 137 g/mol. The Labute approximate surface area is 57.5 Å². The number of rotatable bonds is 0. The number of anilines is 2. The van der Waals surface area contributed by atoms with E-state index in [9.17, 15) is 0 Å². The van der Waals surface area contributed by atoms with E-state index in [1.54, 1.807) is 4.68 Å². The highest BCUT2D eigenvalue weighted by Crippen LogP contribution is 2.08. The number of fused-ring (bicyclic) bond motifs is 1. The molecule has 52 valence electrons. The Morgan fingerprint density at radius 1 is 1.70 bits per heavy atom. The van der Waals surface area contributed by atoms with E-state index in [4.69, 9.17) is 5.73 Å². The van der Waals surface area contributed by atoms with Crippen LogP contribution >= 0.6 is 0 Å². The third-order valence-electron chi connectivity index (χ3n) is 1.27. The van der Waals surface area contributed by atoms with Gasteiger partial charge in [-0.25, -0.2) is 4.68 Å². The zero-order chi connectivity index (χ0) is 6.97. The standard InChI is InChI=1S/C5H7N5/c6-4-8-5-7-2-1-3-10(5)9-4/h1,3H,2H2,(H3,6,7,8,9). The zero-order valence-electron chi connectivity index (χ0n) is 5.28. The van der Waals surface area contributed by atoms with Crippen molar-refractivity contribution in [1.82, 2.24) is 14.8 Å². The van der Waals surface area contributed by atoms with Crippen LogP contribution in [-0.2, 0) is 0 Å². The molecular weight excluding hydrogens is 130 g/mol. The van der Waals surface area contributed by atoms with Crippen molar-refractivity contribution in [1.29, 1.82) is 0 Å². The molecule has 10 heavy (non-hydrogen) atoms. The van der Waals surface area contributed by atoms with Gasteiger partial charge in [0, 0.05) is 12.7 Å². The second kappa shape index (κ2) is 1.73. The van der Waals surface area contributed by atoms with Crippen LogP contribution in [0.3, 0.4) is 0 Å². The van der Waals surface area contributed by atoms with Crippen LogP contribution in [0.4, 0.5) is 11.9 Å². The van der Waals surface area contributed by atoms with Gasteiger partial charge >= 0.3 is 0 Å². The Morgan fingerprint density at radius 3 is 3.40 bits per heavy atom. The molecule has 1 aliphatic rings. The van der Waals surface area contributed by atoms with Crippen LogP contribution in [-0.4, -0.2) is 21.3 Å². The van der Waals surface area contributed by atoms with Crippen LogP contribution in [0.1, 0.15) is 0 Å². The van der Waals surface area contributed by atoms with Gasteiger partial charge in [-0.15, -0.1) is 5.10 Å². The van der Waals surface area contributed by atoms with Gasteiger partial charge in [0.15, 0.2) is 0 Å². The molecule has 0 amide bonds. The molecule has 5 heteroatoms.